The van der Waals surface area contributed by atoms with Crippen LogP contribution < -0.4 is 9.62 Å². The van der Waals surface area contributed by atoms with E-state index < -0.39 is 10.0 Å². The fourth-order valence-corrected chi connectivity index (χ4v) is 4.62. The summed E-state index contributed by atoms with van der Waals surface area (Å²) < 4.78 is 25.9. The first-order valence-corrected chi connectivity index (χ1v) is 10.4. The molecule has 1 aliphatic rings. The molecular weight excluding hydrogens is 324 g/mol. The number of carbonyl (C=O) groups is 1. The van der Waals surface area contributed by atoms with Crippen LogP contribution in [0.3, 0.4) is 0 Å². The van der Waals surface area contributed by atoms with Gasteiger partial charge in [0, 0.05) is 19.0 Å². The van der Waals surface area contributed by atoms with Gasteiger partial charge in [-0.05, 0) is 44.7 Å². The first-order valence-electron chi connectivity index (χ1n) is 8.53. The van der Waals surface area contributed by atoms with E-state index in [9.17, 15) is 13.2 Å². The minimum atomic E-state index is -3.45. The van der Waals surface area contributed by atoms with Gasteiger partial charge < -0.3 is 5.32 Å². The van der Waals surface area contributed by atoms with E-state index in [-0.39, 0.29) is 24.9 Å². The molecule has 1 amide bonds. The maximum atomic E-state index is 12.3. The van der Waals surface area contributed by atoms with Gasteiger partial charge in [0.15, 0.2) is 0 Å². The summed E-state index contributed by atoms with van der Waals surface area (Å²) >= 11 is 0. The molecule has 0 radical (unpaired) electrons. The zero-order valence-electron chi connectivity index (χ0n) is 15.1. The van der Waals surface area contributed by atoms with E-state index in [0.29, 0.717) is 5.69 Å². The third kappa shape index (κ3) is 4.72. The molecule has 0 saturated heterocycles. The van der Waals surface area contributed by atoms with Crippen LogP contribution in [0.4, 0.5) is 5.69 Å². The highest BCUT2D eigenvalue weighted by atomic mass is 32.2. The Balaban J connectivity index is 2.14. The number of carbonyl (C=O) groups excluding carboxylic acids is 1. The molecule has 5 nitrogen and oxygen atoms in total. The summed E-state index contributed by atoms with van der Waals surface area (Å²) in [4.78, 5) is 12.2. The topological polar surface area (TPSA) is 66.5 Å². The SMILES string of the molecule is Cc1cc(C)c(N(CCC(=O)NC2CCCC2)S(C)(=O)=O)c(C)c1. The number of anilines is 1. The molecule has 1 fully saturated rings. The fourth-order valence-electron chi connectivity index (χ4n) is 3.58. The van der Waals surface area contributed by atoms with Gasteiger partial charge in [0.1, 0.15) is 0 Å². The van der Waals surface area contributed by atoms with Gasteiger partial charge in [-0.2, -0.15) is 0 Å². The Kier molecular flexibility index (Phi) is 5.91. The Hall–Kier alpha value is -1.56. The van der Waals surface area contributed by atoms with Crippen molar-refractivity contribution >= 4 is 21.6 Å². The largest absolute Gasteiger partial charge is 0.353 e. The lowest BCUT2D eigenvalue weighted by molar-refractivity contribution is -0.121. The Morgan fingerprint density at radius 2 is 1.71 bits per heavy atom. The van der Waals surface area contributed by atoms with Crippen molar-refractivity contribution in [1.82, 2.24) is 5.32 Å². The van der Waals surface area contributed by atoms with Crippen LogP contribution in [0.5, 0.6) is 0 Å². The summed E-state index contributed by atoms with van der Waals surface area (Å²) in [7, 11) is -3.45. The molecule has 0 unspecified atom stereocenters. The van der Waals surface area contributed by atoms with Crippen molar-refractivity contribution in [3.05, 3.63) is 28.8 Å². The summed E-state index contributed by atoms with van der Waals surface area (Å²) in [6.07, 6.45) is 5.73. The van der Waals surface area contributed by atoms with Crippen molar-refractivity contribution in [2.75, 3.05) is 17.1 Å². The second-order valence-electron chi connectivity index (χ2n) is 6.88. The van der Waals surface area contributed by atoms with E-state index >= 15 is 0 Å². The Bertz CT molecular complexity index is 684. The van der Waals surface area contributed by atoms with E-state index in [1.807, 2.05) is 32.9 Å². The van der Waals surface area contributed by atoms with E-state index in [4.69, 9.17) is 0 Å². The Morgan fingerprint density at radius 3 is 2.21 bits per heavy atom. The van der Waals surface area contributed by atoms with Gasteiger partial charge in [-0.25, -0.2) is 8.42 Å². The van der Waals surface area contributed by atoms with Crippen molar-refractivity contribution in [2.24, 2.45) is 0 Å². The second kappa shape index (κ2) is 7.55. The molecule has 0 bridgehead atoms. The van der Waals surface area contributed by atoms with Crippen LogP contribution in [0.1, 0.15) is 48.8 Å². The van der Waals surface area contributed by atoms with Crippen molar-refractivity contribution in [2.45, 2.75) is 58.9 Å². The monoisotopic (exact) mass is 352 g/mol. The number of rotatable bonds is 6. The van der Waals surface area contributed by atoms with Crippen LogP contribution in [0.2, 0.25) is 0 Å². The van der Waals surface area contributed by atoms with Gasteiger partial charge in [-0.3, -0.25) is 9.10 Å². The average Bonchev–Trinajstić information content (AvgIpc) is 2.92. The number of sulfonamides is 1. The first kappa shape index (κ1) is 18.8. The maximum Gasteiger partial charge on any atom is 0.232 e. The third-order valence-electron chi connectivity index (χ3n) is 4.55. The molecule has 0 heterocycles. The molecule has 1 aromatic rings. The second-order valence-corrected chi connectivity index (χ2v) is 8.79. The number of hydrogen-bond acceptors (Lipinski definition) is 3. The highest BCUT2D eigenvalue weighted by Gasteiger charge is 2.23. The Labute approximate surface area is 145 Å². The van der Waals surface area contributed by atoms with E-state index in [0.717, 1.165) is 42.4 Å². The van der Waals surface area contributed by atoms with Crippen molar-refractivity contribution in [1.29, 1.82) is 0 Å². The first-order chi connectivity index (χ1) is 11.2. The van der Waals surface area contributed by atoms with E-state index in [1.54, 1.807) is 0 Å². The number of nitrogens with one attached hydrogen (secondary N) is 1. The standard InChI is InChI=1S/C18H28N2O3S/c1-13-11-14(2)18(15(3)12-13)20(24(4,22)23)10-9-17(21)19-16-7-5-6-8-16/h11-12,16H,5-10H2,1-4H3,(H,19,21). The zero-order valence-corrected chi connectivity index (χ0v) is 15.9. The van der Waals surface area contributed by atoms with Crippen molar-refractivity contribution < 1.29 is 13.2 Å². The molecular formula is C18H28N2O3S. The summed E-state index contributed by atoms with van der Waals surface area (Å²) in [5, 5.41) is 3.02. The summed E-state index contributed by atoms with van der Waals surface area (Å²) in [5.41, 5.74) is 3.61. The predicted octanol–water partition coefficient (Wildman–Crippen LogP) is 2.83. The normalized spacial score (nSPS) is 15.5. The van der Waals surface area contributed by atoms with Crippen LogP contribution in [0, 0.1) is 20.8 Å². The van der Waals surface area contributed by atoms with E-state index in [2.05, 4.69) is 5.32 Å². The predicted molar refractivity (Wildman–Crippen MR) is 97.9 cm³/mol. The van der Waals surface area contributed by atoms with Crippen molar-refractivity contribution in [3.8, 4) is 0 Å². The van der Waals surface area contributed by atoms with Crippen LogP contribution >= 0.6 is 0 Å². The third-order valence-corrected chi connectivity index (χ3v) is 5.71. The minimum Gasteiger partial charge on any atom is -0.353 e. The molecule has 0 atom stereocenters. The number of benzene rings is 1. The van der Waals surface area contributed by atoms with Gasteiger partial charge in [-0.1, -0.05) is 30.5 Å². The average molecular weight is 353 g/mol. The molecule has 0 aliphatic heterocycles. The van der Waals surface area contributed by atoms with Gasteiger partial charge in [0.05, 0.1) is 11.9 Å². The number of aryl methyl sites for hydroxylation is 3. The molecule has 6 heteroatoms. The van der Waals surface area contributed by atoms with Gasteiger partial charge in [-0.15, -0.1) is 0 Å². The molecule has 24 heavy (non-hydrogen) atoms. The summed E-state index contributed by atoms with van der Waals surface area (Å²) in [5.74, 6) is -0.0713. The lowest BCUT2D eigenvalue weighted by Gasteiger charge is -2.26. The zero-order chi connectivity index (χ0) is 17.9. The molecule has 0 aromatic heterocycles. The summed E-state index contributed by atoms with van der Waals surface area (Å²) in [6.45, 7) is 5.98. The molecule has 1 aromatic carbocycles. The number of hydrogen-bond donors (Lipinski definition) is 1. The summed E-state index contributed by atoms with van der Waals surface area (Å²) in [6, 6.07) is 4.20. The number of amides is 1. The molecule has 1 N–H and O–H groups in total. The molecule has 0 spiro atoms. The van der Waals surface area contributed by atoms with Crippen LogP contribution in [-0.4, -0.2) is 33.2 Å². The maximum absolute atomic E-state index is 12.3. The quantitative estimate of drug-likeness (QED) is 0.856. The molecule has 1 saturated carbocycles. The van der Waals surface area contributed by atoms with Gasteiger partial charge in [0.25, 0.3) is 0 Å². The van der Waals surface area contributed by atoms with Crippen LogP contribution in [0.25, 0.3) is 0 Å². The van der Waals surface area contributed by atoms with Crippen molar-refractivity contribution in [3.63, 3.8) is 0 Å². The smallest absolute Gasteiger partial charge is 0.232 e. The Morgan fingerprint density at radius 1 is 1.17 bits per heavy atom. The minimum absolute atomic E-state index is 0.0713. The fraction of sp³-hybridized carbons (Fsp3) is 0.611. The lowest BCUT2D eigenvalue weighted by Crippen LogP contribution is -2.38. The lowest BCUT2D eigenvalue weighted by atomic mass is 10.1. The highest BCUT2D eigenvalue weighted by molar-refractivity contribution is 7.92. The number of nitrogens with zero attached hydrogens (tertiary/aromatic N) is 1. The van der Waals surface area contributed by atoms with Crippen LogP contribution in [-0.2, 0) is 14.8 Å². The highest BCUT2D eigenvalue weighted by Crippen LogP contribution is 2.28. The molecule has 2 rings (SSSR count). The van der Waals surface area contributed by atoms with Gasteiger partial charge in [0.2, 0.25) is 15.9 Å². The molecule has 134 valence electrons. The van der Waals surface area contributed by atoms with Gasteiger partial charge >= 0.3 is 0 Å². The van der Waals surface area contributed by atoms with Crippen LogP contribution in [0.15, 0.2) is 12.1 Å². The van der Waals surface area contributed by atoms with E-state index in [1.165, 1.54) is 10.6 Å². The molecule has 1 aliphatic carbocycles.